The van der Waals surface area contributed by atoms with E-state index in [1.165, 1.54) is 11.8 Å². The molecule has 1 aromatic carbocycles. The van der Waals surface area contributed by atoms with Gasteiger partial charge in [-0.2, -0.15) is 5.26 Å². The Labute approximate surface area is 175 Å². The number of likely N-dealkylation sites (N-methyl/N-ethyl adjacent to an activating group) is 1. The fourth-order valence-electron chi connectivity index (χ4n) is 2.88. The SMILES string of the molecule is CSc1nc(C)c(CCC(=O)N(CCN(C)C)Cc2ccc(C#N)cc2)c(=O)[nH]1. The summed E-state index contributed by atoms with van der Waals surface area (Å²) in [6, 6.07) is 9.35. The van der Waals surface area contributed by atoms with Crippen LogP contribution in [-0.4, -0.2) is 59.1 Å². The van der Waals surface area contributed by atoms with E-state index in [4.69, 9.17) is 5.26 Å². The van der Waals surface area contributed by atoms with Gasteiger partial charge in [-0.1, -0.05) is 23.9 Å². The van der Waals surface area contributed by atoms with Gasteiger partial charge in [0.15, 0.2) is 5.16 Å². The van der Waals surface area contributed by atoms with Crippen LogP contribution in [0.4, 0.5) is 0 Å². The van der Waals surface area contributed by atoms with Crippen LogP contribution in [0.2, 0.25) is 0 Å². The van der Waals surface area contributed by atoms with Crippen molar-refractivity contribution in [2.75, 3.05) is 33.4 Å². The van der Waals surface area contributed by atoms with Gasteiger partial charge in [0.1, 0.15) is 0 Å². The third kappa shape index (κ3) is 6.73. The summed E-state index contributed by atoms with van der Waals surface area (Å²) in [5.41, 5.74) is 2.61. The van der Waals surface area contributed by atoms with Crippen molar-refractivity contribution >= 4 is 17.7 Å². The number of hydrogen-bond donors (Lipinski definition) is 1. The van der Waals surface area contributed by atoms with Crippen molar-refractivity contribution < 1.29 is 4.79 Å². The molecule has 1 N–H and O–H groups in total. The third-order valence-electron chi connectivity index (χ3n) is 4.61. The number of thioether (sulfide) groups is 1. The van der Waals surface area contributed by atoms with Gasteiger partial charge < -0.3 is 14.8 Å². The number of nitriles is 1. The summed E-state index contributed by atoms with van der Waals surface area (Å²) in [6.45, 7) is 3.60. The maximum Gasteiger partial charge on any atom is 0.254 e. The molecular formula is C21H27N5O2S. The molecule has 1 heterocycles. The molecule has 0 aliphatic heterocycles. The van der Waals surface area contributed by atoms with E-state index in [-0.39, 0.29) is 17.9 Å². The molecule has 0 aliphatic rings. The van der Waals surface area contributed by atoms with Crippen molar-refractivity contribution in [1.29, 1.82) is 5.26 Å². The lowest BCUT2D eigenvalue weighted by molar-refractivity contribution is -0.132. The molecule has 7 nitrogen and oxygen atoms in total. The van der Waals surface area contributed by atoms with E-state index in [9.17, 15) is 9.59 Å². The number of nitrogens with one attached hydrogen (secondary N) is 1. The second kappa shape index (κ2) is 10.8. The molecule has 0 spiro atoms. The number of aryl methyl sites for hydroxylation is 1. The number of rotatable bonds is 9. The molecule has 0 saturated carbocycles. The average Bonchev–Trinajstić information content (AvgIpc) is 2.70. The molecule has 2 rings (SSSR count). The molecule has 1 aromatic heterocycles. The minimum Gasteiger partial charge on any atom is -0.337 e. The van der Waals surface area contributed by atoms with Crippen LogP contribution in [-0.2, 0) is 17.8 Å². The van der Waals surface area contributed by atoms with Gasteiger partial charge in [0.2, 0.25) is 5.91 Å². The van der Waals surface area contributed by atoms with Crippen LogP contribution >= 0.6 is 11.8 Å². The number of carbonyl (C=O) groups is 1. The number of nitrogens with zero attached hydrogens (tertiary/aromatic N) is 4. The Balaban J connectivity index is 2.10. The third-order valence-corrected chi connectivity index (χ3v) is 5.19. The van der Waals surface area contributed by atoms with Crippen LogP contribution in [0.3, 0.4) is 0 Å². The normalized spacial score (nSPS) is 10.8. The molecule has 8 heteroatoms. The summed E-state index contributed by atoms with van der Waals surface area (Å²) in [6.07, 6.45) is 2.45. The summed E-state index contributed by atoms with van der Waals surface area (Å²) < 4.78 is 0. The highest BCUT2D eigenvalue weighted by Gasteiger charge is 2.17. The average molecular weight is 414 g/mol. The zero-order valence-corrected chi connectivity index (χ0v) is 18.2. The van der Waals surface area contributed by atoms with E-state index in [1.807, 2.05) is 37.4 Å². The van der Waals surface area contributed by atoms with Crippen LogP contribution in [0.15, 0.2) is 34.2 Å². The van der Waals surface area contributed by atoms with Crippen molar-refractivity contribution in [3.8, 4) is 6.07 Å². The Kier molecular flexibility index (Phi) is 8.43. The number of amides is 1. The topological polar surface area (TPSA) is 93.1 Å². The Morgan fingerprint density at radius 2 is 1.93 bits per heavy atom. The number of hydrogen-bond acceptors (Lipinski definition) is 6. The number of aromatic nitrogens is 2. The van der Waals surface area contributed by atoms with Crippen LogP contribution in [0.1, 0.15) is 28.8 Å². The van der Waals surface area contributed by atoms with Gasteiger partial charge >= 0.3 is 0 Å². The molecule has 1 amide bonds. The lowest BCUT2D eigenvalue weighted by Crippen LogP contribution is -2.36. The monoisotopic (exact) mass is 413 g/mol. The number of carbonyl (C=O) groups excluding carboxylic acids is 1. The first kappa shape index (κ1) is 22.7. The van der Waals surface area contributed by atoms with Crippen molar-refractivity contribution in [1.82, 2.24) is 19.8 Å². The molecule has 0 bridgehead atoms. The molecule has 0 radical (unpaired) electrons. The summed E-state index contributed by atoms with van der Waals surface area (Å²) in [5.74, 6) is -0.0102. The van der Waals surface area contributed by atoms with E-state index >= 15 is 0 Å². The van der Waals surface area contributed by atoms with E-state index in [2.05, 4.69) is 16.0 Å². The fraction of sp³-hybridized carbons (Fsp3) is 0.429. The van der Waals surface area contributed by atoms with E-state index in [0.717, 1.165) is 12.1 Å². The van der Waals surface area contributed by atoms with Crippen LogP contribution < -0.4 is 5.56 Å². The molecule has 0 atom stereocenters. The van der Waals surface area contributed by atoms with E-state index < -0.39 is 0 Å². The minimum atomic E-state index is -0.179. The van der Waals surface area contributed by atoms with Crippen molar-refractivity contribution in [3.05, 3.63) is 57.0 Å². The molecule has 0 saturated heterocycles. The second-order valence-electron chi connectivity index (χ2n) is 7.07. The van der Waals surface area contributed by atoms with Gasteiger partial charge in [-0.05, 0) is 51.4 Å². The van der Waals surface area contributed by atoms with E-state index in [0.29, 0.717) is 41.5 Å². The zero-order valence-electron chi connectivity index (χ0n) is 17.4. The molecule has 154 valence electrons. The standard InChI is InChI=1S/C21H27N5O2S/c1-15-18(20(28)24-21(23-15)29-4)9-10-19(27)26(12-11-25(2)3)14-17-7-5-16(13-22)6-8-17/h5-8H,9-12,14H2,1-4H3,(H,23,24,28). The van der Waals surface area contributed by atoms with Crippen molar-refractivity contribution in [3.63, 3.8) is 0 Å². The molecule has 0 fully saturated rings. The van der Waals surface area contributed by atoms with Crippen molar-refractivity contribution in [2.45, 2.75) is 31.5 Å². The maximum absolute atomic E-state index is 12.9. The lowest BCUT2D eigenvalue weighted by atomic mass is 10.1. The van der Waals surface area contributed by atoms with E-state index in [1.54, 1.807) is 24.0 Å². The number of aromatic amines is 1. The molecule has 2 aromatic rings. The van der Waals surface area contributed by atoms with Gasteiger partial charge in [-0.15, -0.1) is 0 Å². The Morgan fingerprint density at radius 3 is 2.48 bits per heavy atom. The molecular weight excluding hydrogens is 386 g/mol. The van der Waals surface area contributed by atoms with Gasteiger partial charge in [-0.25, -0.2) is 4.98 Å². The van der Waals surface area contributed by atoms with Crippen LogP contribution in [0, 0.1) is 18.3 Å². The highest BCUT2D eigenvalue weighted by molar-refractivity contribution is 7.98. The first-order valence-electron chi connectivity index (χ1n) is 9.39. The Bertz CT molecular complexity index is 932. The fourth-order valence-corrected chi connectivity index (χ4v) is 3.31. The Morgan fingerprint density at radius 1 is 1.24 bits per heavy atom. The summed E-state index contributed by atoms with van der Waals surface area (Å²) in [7, 11) is 3.93. The van der Waals surface area contributed by atoms with Crippen molar-refractivity contribution in [2.24, 2.45) is 0 Å². The molecule has 29 heavy (non-hydrogen) atoms. The summed E-state index contributed by atoms with van der Waals surface area (Å²) in [5, 5.41) is 9.52. The molecule has 0 aliphatic carbocycles. The lowest BCUT2D eigenvalue weighted by Gasteiger charge is -2.25. The first-order valence-corrected chi connectivity index (χ1v) is 10.6. The van der Waals surface area contributed by atoms with Gasteiger partial charge in [0.05, 0.1) is 11.6 Å². The van der Waals surface area contributed by atoms with Gasteiger partial charge in [0, 0.05) is 37.3 Å². The highest BCUT2D eigenvalue weighted by Crippen LogP contribution is 2.12. The largest absolute Gasteiger partial charge is 0.337 e. The predicted octanol–water partition coefficient (Wildman–Crippen LogP) is 2.19. The number of H-pyrrole nitrogens is 1. The van der Waals surface area contributed by atoms with Gasteiger partial charge in [0.25, 0.3) is 5.56 Å². The Hall–Kier alpha value is -2.63. The maximum atomic E-state index is 12.9. The van der Waals surface area contributed by atoms with Crippen LogP contribution in [0.25, 0.3) is 0 Å². The van der Waals surface area contributed by atoms with Gasteiger partial charge in [-0.3, -0.25) is 9.59 Å². The predicted molar refractivity (Wildman–Crippen MR) is 115 cm³/mol. The minimum absolute atomic E-state index is 0.0102. The quantitative estimate of drug-likeness (QED) is 0.500. The summed E-state index contributed by atoms with van der Waals surface area (Å²) in [4.78, 5) is 36.2. The highest BCUT2D eigenvalue weighted by atomic mass is 32.2. The second-order valence-corrected chi connectivity index (χ2v) is 7.86. The number of benzene rings is 1. The molecule has 0 unspecified atom stereocenters. The smallest absolute Gasteiger partial charge is 0.254 e. The zero-order chi connectivity index (χ0) is 21.4. The summed E-state index contributed by atoms with van der Waals surface area (Å²) >= 11 is 1.38. The first-order chi connectivity index (χ1) is 13.8. The van der Waals surface area contributed by atoms with Crippen LogP contribution in [0.5, 0.6) is 0 Å².